The average Bonchev–Trinajstić information content (AvgIpc) is 2.28. The van der Waals surface area contributed by atoms with E-state index < -0.39 is 18.1 Å². The van der Waals surface area contributed by atoms with E-state index in [0.29, 0.717) is 5.69 Å². The number of aromatic carboxylic acids is 1. The van der Waals surface area contributed by atoms with Crippen LogP contribution in [0.4, 0.5) is 8.78 Å². The number of aryl methyl sites for hydroxylation is 1. The van der Waals surface area contributed by atoms with Gasteiger partial charge >= 0.3 is 5.97 Å². The monoisotopic (exact) mass is 189 g/mol. The van der Waals surface area contributed by atoms with Crippen molar-refractivity contribution in [1.82, 2.24) is 4.57 Å². The Labute approximate surface area is 73.6 Å². The summed E-state index contributed by atoms with van der Waals surface area (Å²) in [4.78, 5) is 10.5. The third-order valence-corrected chi connectivity index (χ3v) is 1.96. The maximum absolute atomic E-state index is 12.4. The Morgan fingerprint density at radius 3 is 2.46 bits per heavy atom. The molecule has 13 heavy (non-hydrogen) atoms. The van der Waals surface area contributed by atoms with Gasteiger partial charge in [0.2, 0.25) is 0 Å². The first-order chi connectivity index (χ1) is 5.95. The van der Waals surface area contributed by atoms with E-state index in [9.17, 15) is 13.6 Å². The van der Waals surface area contributed by atoms with Crippen LogP contribution in [-0.2, 0) is 7.05 Å². The molecule has 0 saturated heterocycles. The van der Waals surface area contributed by atoms with Gasteiger partial charge in [0.15, 0.2) is 0 Å². The summed E-state index contributed by atoms with van der Waals surface area (Å²) < 4.78 is 25.9. The number of rotatable bonds is 2. The van der Waals surface area contributed by atoms with Gasteiger partial charge in [-0.05, 0) is 13.0 Å². The zero-order valence-electron chi connectivity index (χ0n) is 7.21. The molecule has 0 aliphatic carbocycles. The van der Waals surface area contributed by atoms with Crippen molar-refractivity contribution in [3.05, 3.63) is 23.0 Å². The minimum absolute atomic E-state index is 0.324. The van der Waals surface area contributed by atoms with Gasteiger partial charge in [0.1, 0.15) is 0 Å². The minimum Gasteiger partial charge on any atom is -0.478 e. The molecule has 1 rings (SSSR count). The Morgan fingerprint density at radius 2 is 2.15 bits per heavy atom. The molecule has 0 saturated carbocycles. The number of alkyl halides is 2. The Hall–Kier alpha value is -1.39. The van der Waals surface area contributed by atoms with Crippen LogP contribution in [0.2, 0.25) is 0 Å². The molecule has 1 N–H and O–H groups in total. The summed E-state index contributed by atoms with van der Waals surface area (Å²) in [6.07, 6.45) is -2.76. The fourth-order valence-corrected chi connectivity index (χ4v) is 1.19. The van der Waals surface area contributed by atoms with Crippen LogP contribution in [0.1, 0.15) is 28.2 Å². The first-order valence-corrected chi connectivity index (χ1v) is 3.62. The minimum atomic E-state index is -2.76. The fraction of sp³-hybridized carbons (Fsp3) is 0.375. The van der Waals surface area contributed by atoms with Crippen LogP contribution < -0.4 is 0 Å². The number of carboxylic acid groups (broad SMARTS) is 1. The number of hydrogen-bond donors (Lipinski definition) is 1. The van der Waals surface area contributed by atoms with Gasteiger partial charge in [-0.25, -0.2) is 13.6 Å². The molecule has 0 bridgehead atoms. The lowest BCUT2D eigenvalue weighted by molar-refractivity contribution is 0.0682. The predicted molar refractivity (Wildman–Crippen MR) is 42.1 cm³/mol. The molecule has 0 aliphatic rings. The second kappa shape index (κ2) is 3.16. The van der Waals surface area contributed by atoms with E-state index >= 15 is 0 Å². The van der Waals surface area contributed by atoms with E-state index in [1.165, 1.54) is 17.7 Å². The summed E-state index contributed by atoms with van der Waals surface area (Å²) in [6, 6.07) is 1.24. The zero-order valence-corrected chi connectivity index (χ0v) is 7.21. The van der Waals surface area contributed by atoms with Crippen molar-refractivity contribution >= 4 is 5.97 Å². The van der Waals surface area contributed by atoms with Crippen molar-refractivity contribution < 1.29 is 18.7 Å². The third-order valence-electron chi connectivity index (χ3n) is 1.96. The molecule has 0 atom stereocenters. The second-order valence-corrected chi connectivity index (χ2v) is 2.75. The molecule has 1 aromatic rings. The number of halogens is 2. The summed E-state index contributed by atoms with van der Waals surface area (Å²) in [5, 5.41) is 8.61. The first kappa shape index (κ1) is 9.70. The average molecular weight is 189 g/mol. The molecule has 0 radical (unpaired) electrons. The van der Waals surface area contributed by atoms with Gasteiger partial charge in [-0.1, -0.05) is 0 Å². The van der Waals surface area contributed by atoms with Crippen molar-refractivity contribution in [3.63, 3.8) is 0 Å². The largest absolute Gasteiger partial charge is 0.478 e. The van der Waals surface area contributed by atoms with Crippen molar-refractivity contribution in [3.8, 4) is 0 Å². The van der Waals surface area contributed by atoms with Crippen LogP contribution >= 0.6 is 0 Å². The molecule has 1 heterocycles. The molecule has 0 amide bonds. The molecule has 0 spiro atoms. The number of carbonyl (C=O) groups is 1. The molecule has 0 aromatic carbocycles. The summed E-state index contributed by atoms with van der Waals surface area (Å²) in [5.41, 5.74) is -0.257. The van der Waals surface area contributed by atoms with Crippen LogP contribution in [0.3, 0.4) is 0 Å². The number of nitrogens with zero attached hydrogens (tertiary/aromatic N) is 1. The normalized spacial score (nSPS) is 10.8. The van der Waals surface area contributed by atoms with Crippen molar-refractivity contribution in [1.29, 1.82) is 0 Å². The number of aromatic nitrogens is 1. The van der Waals surface area contributed by atoms with Crippen LogP contribution in [-0.4, -0.2) is 15.6 Å². The zero-order chi connectivity index (χ0) is 10.2. The van der Waals surface area contributed by atoms with Gasteiger partial charge in [-0.3, -0.25) is 0 Å². The SMILES string of the molecule is Cc1cc(C(=O)O)c(C(F)F)n1C. The van der Waals surface area contributed by atoms with E-state index in [0.717, 1.165) is 0 Å². The topological polar surface area (TPSA) is 42.2 Å². The van der Waals surface area contributed by atoms with Crippen molar-refractivity contribution in [2.24, 2.45) is 7.05 Å². The van der Waals surface area contributed by atoms with E-state index in [2.05, 4.69) is 0 Å². The molecule has 0 aliphatic heterocycles. The van der Waals surface area contributed by atoms with Crippen molar-refractivity contribution in [2.75, 3.05) is 0 Å². The molecule has 3 nitrogen and oxygen atoms in total. The highest BCUT2D eigenvalue weighted by molar-refractivity contribution is 5.89. The van der Waals surface area contributed by atoms with E-state index in [-0.39, 0.29) is 5.56 Å². The number of hydrogen-bond acceptors (Lipinski definition) is 1. The van der Waals surface area contributed by atoms with Gasteiger partial charge in [0.25, 0.3) is 6.43 Å². The Bertz CT molecular complexity index is 344. The highest BCUT2D eigenvalue weighted by Gasteiger charge is 2.22. The van der Waals surface area contributed by atoms with Gasteiger partial charge < -0.3 is 9.67 Å². The smallest absolute Gasteiger partial charge is 0.337 e. The Balaban J connectivity index is 3.35. The molecule has 5 heteroatoms. The quantitative estimate of drug-likeness (QED) is 0.772. The summed E-state index contributed by atoms with van der Waals surface area (Å²) in [6.45, 7) is 1.58. The summed E-state index contributed by atoms with van der Waals surface area (Å²) in [5.74, 6) is -1.32. The molecular formula is C8H9F2NO2. The van der Waals surface area contributed by atoms with Gasteiger partial charge in [0.05, 0.1) is 11.3 Å². The molecule has 0 fully saturated rings. The molecule has 1 aromatic heterocycles. The molecule has 0 unspecified atom stereocenters. The second-order valence-electron chi connectivity index (χ2n) is 2.75. The predicted octanol–water partition coefficient (Wildman–Crippen LogP) is 1.97. The Kier molecular flexibility index (Phi) is 2.36. The highest BCUT2D eigenvalue weighted by atomic mass is 19.3. The summed E-state index contributed by atoms with van der Waals surface area (Å²) in [7, 11) is 1.42. The third kappa shape index (κ3) is 1.54. The summed E-state index contributed by atoms with van der Waals surface area (Å²) >= 11 is 0. The van der Waals surface area contributed by atoms with E-state index in [1.807, 2.05) is 0 Å². The van der Waals surface area contributed by atoms with E-state index in [4.69, 9.17) is 5.11 Å². The standard InChI is InChI=1S/C8H9F2NO2/c1-4-3-5(8(12)13)6(7(9)10)11(4)2/h3,7H,1-2H3,(H,12,13). The van der Waals surface area contributed by atoms with Gasteiger partial charge in [-0.15, -0.1) is 0 Å². The first-order valence-electron chi connectivity index (χ1n) is 3.62. The lowest BCUT2D eigenvalue weighted by Gasteiger charge is -2.04. The van der Waals surface area contributed by atoms with Crippen LogP contribution in [0, 0.1) is 6.92 Å². The molecule has 72 valence electrons. The number of carboxylic acids is 1. The lowest BCUT2D eigenvalue weighted by Crippen LogP contribution is -2.04. The van der Waals surface area contributed by atoms with Crippen LogP contribution in [0.5, 0.6) is 0 Å². The van der Waals surface area contributed by atoms with E-state index in [1.54, 1.807) is 6.92 Å². The highest BCUT2D eigenvalue weighted by Crippen LogP contribution is 2.25. The fourth-order valence-electron chi connectivity index (χ4n) is 1.19. The van der Waals surface area contributed by atoms with Gasteiger partial charge in [0, 0.05) is 12.7 Å². The Morgan fingerprint density at radius 1 is 1.62 bits per heavy atom. The lowest BCUT2D eigenvalue weighted by atomic mass is 10.2. The van der Waals surface area contributed by atoms with Gasteiger partial charge in [-0.2, -0.15) is 0 Å². The van der Waals surface area contributed by atoms with Crippen molar-refractivity contribution in [2.45, 2.75) is 13.3 Å². The maximum atomic E-state index is 12.4. The van der Waals surface area contributed by atoms with Crippen LogP contribution in [0.15, 0.2) is 6.07 Å². The molecular weight excluding hydrogens is 180 g/mol. The maximum Gasteiger partial charge on any atom is 0.337 e. The van der Waals surface area contributed by atoms with Crippen LogP contribution in [0.25, 0.3) is 0 Å².